The molecule has 2 aliphatic rings. The first-order chi connectivity index (χ1) is 16.1. The van der Waals surface area contributed by atoms with Gasteiger partial charge in [-0.2, -0.15) is 13.8 Å². The van der Waals surface area contributed by atoms with Crippen LogP contribution in [0.25, 0.3) is 11.4 Å². The summed E-state index contributed by atoms with van der Waals surface area (Å²) in [7, 11) is 1.38. The van der Waals surface area contributed by atoms with Gasteiger partial charge in [-0.1, -0.05) is 16.9 Å². The molecule has 0 N–H and O–H groups in total. The molecule has 0 bridgehead atoms. The van der Waals surface area contributed by atoms with Crippen LogP contribution in [0.15, 0.2) is 27.9 Å². The largest absolute Gasteiger partial charge is 0.493 e. The van der Waals surface area contributed by atoms with Crippen molar-refractivity contribution in [1.29, 1.82) is 0 Å². The van der Waals surface area contributed by atoms with Crippen LogP contribution in [0, 0.1) is 0 Å². The van der Waals surface area contributed by atoms with Crippen molar-refractivity contribution >= 4 is 17.7 Å². The Labute approximate surface area is 193 Å². The highest BCUT2D eigenvalue weighted by Crippen LogP contribution is 2.42. The monoisotopic (exact) mass is 478 g/mol. The van der Waals surface area contributed by atoms with E-state index in [0.717, 1.165) is 37.0 Å². The van der Waals surface area contributed by atoms with E-state index >= 15 is 0 Å². The van der Waals surface area contributed by atoms with Gasteiger partial charge in [0, 0.05) is 24.7 Å². The van der Waals surface area contributed by atoms with E-state index in [-0.39, 0.29) is 11.5 Å². The second-order valence-corrected chi connectivity index (χ2v) is 8.92. The first-order valence-electron chi connectivity index (χ1n) is 10.9. The van der Waals surface area contributed by atoms with Gasteiger partial charge >= 0.3 is 6.61 Å². The summed E-state index contributed by atoms with van der Waals surface area (Å²) >= 11 is 1.52. The fourth-order valence-corrected chi connectivity index (χ4v) is 4.72. The minimum absolute atomic E-state index is 0.0561. The summed E-state index contributed by atoms with van der Waals surface area (Å²) in [6.07, 6.45) is 5.92. The number of aromatic nitrogens is 5. The van der Waals surface area contributed by atoms with E-state index in [1.54, 1.807) is 6.07 Å². The number of halogens is 2. The third-order valence-electron chi connectivity index (χ3n) is 5.63. The summed E-state index contributed by atoms with van der Waals surface area (Å²) in [6, 6.07) is 4.97. The Hall–Kier alpha value is -2.89. The van der Waals surface area contributed by atoms with Crippen LogP contribution in [0.1, 0.15) is 44.0 Å². The van der Waals surface area contributed by atoms with Crippen LogP contribution in [-0.2, 0) is 5.75 Å². The molecule has 33 heavy (non-hydrogen) atoms. The molecule has 0 spiro atoms. The molecule has 0 atom stereocenters. The van der Waals surface area contributed by atoms with E-state index in [0.29, 0.717) is 29.1 Å². The zero-order chi connectivity index (χ0) is 22.8. The Bertz CT molecular complexity index is 1100. The fraction of sp³-hybridized carbons (Fsp3) is 0.524. The lowest BCUT2D eigenvalue weighted by Gasteiger charge is -2.27. The average Bonchev–Trinajstić information content (AvgIpc) is 3.39. The highest BCUT2D eigenvalue weighted by molar-refractivity contribution is 7.98. The van der Waals surface area contributed by atoms with E-state index in [1.807, 2.05) is 0 Å². The molecule has 3 aromatic rings. The van der Waals surface area contributed by atoms with Gasteiger partial charge in [-0.05, 0) is 50.3 Å². The number of nitrogens with zero attached hydrogens (tertiary/aromatic N) is 6. The molecule has 9 nitrogen and oxygen atoms in total. The number of hydrogen-bond acceptors (Lipinski definition) is 9. The summed E-state index contributed by atoms with van der Waals surface area (Å²) in [5.74, 6) is 2.29. The summed E-state index contributed by atoms with van der Waals surface area (Å²) in [4.78, 5) is 6.77. The number of hydrogen-bond donors (Lipinski definition) is 0. The molecular formula is C21H24F2N6O3S. The lowest BCUT2D eigenvalue weighted by Crippen LogP contribution is -2.31. The van der Waals surface area contributed by atoms with Crippen LogP contribution >= 0.6 is 11.8 Å². The number of rotatable bonds is 9. The van der Waals surface area contributed by atoms with Gasteiger partial charge in [-0.15, -0.1) is 10.2 Å². The number of anilines is 1. The van der Waals surface area contributed by atoms with Crippen LogP contribution in [0.3, 0.4) is 0 Å². The molecule has 1 aliphatic carbocycles. The highest BCUT2D eigenvalue weighted by Gasteiger charge is 2.32. The number of ether oxygens (including phenoxy) is 2. The second kappa shape index (κ2) is 9.54. The van der Waals surface area contributed by atoms with Gasteiger partial charge in [0.1, 0.15) is 0 Å². The molecule has 0 radical (unpaired) electrons. The zero-order valence-corrected chi connectivity index (χ0v) is 18.9. The summed E-state index contributed by atoms with van der Waals surface area (Å²) < 4.78 is 42.3. The minimum atomic E-state index is -2.94. The number of methoxy groups -OCH3 is 1. The number of piperidine rings is 1. The van der Waals surface area contributed by atoms with Crippen molar-refractivity contribution in [2.45, 2.75) is 55.7 Å². The lowest BCUT2D eigenvalue weighted by atomic mass is 10.1. The van der Waals surface area contributed by atoms with E-state index < -0.39 is 6.61 Å². The van der Waals surface area contributed by atoms with Crippen LogP contribution in [0.5, 0.6) is 11.5 Å². The second-order valence-electron chi connectivity index (χ2n) is 7.98. The van der Waals surface area contributed by atoms with Gasteiger partial charge in [0.25, 0.3) is 0 Å². The molecular weight excluding hydrogens is 454 g/mol. The van der Waals surface area contributed by atoms with E-state index in [4.69, 9.17) is 9.26 Å². The molecule has 176 valence electrons. The predicted molar refractivity (Wildman–Crippen MR) is 117 cm³/mol. The SMILES string of the molecule is COc1cc(-c2noc(CSc3nnc(N4CCCCC4)n3C3CC3)n2)ccc1OC(F)F. The zero-order valence-electron chi connectivity index (χ0n) is 18.1. The number of thioether (sulfide) groups is 1. The predicted octanol–water partition coefficient (Wildman–Crippen LogP) is 4.56. The Balaban J connectivity index is 1.29. The topological polar surface area (TPSA) is 91.3 Å². The quantitative estimate of drug-likeness (QED) is 0.411. The van der Waals surface area contributed by atoms with Crippen LogP contribution in [0.2, 0.25) is 0 Å². The van der Waals surface area contributed by atoms with Crippen molar-refractivity contribution in [1.82, 2.24) is 24.9 Å². The smallest absolute Gasteiger partial charge is 0.387 e. The summed E-state index contributed by atoms with van der Waals surface area (Å²) in [5, 5.41) is 13.8. The molecule has 2 fully saturated rings. The van der Waals surface area contributed by atoms with Gasteiger partial charge in [0.2, 0.25) is 17.7 Å². The first-order valence-corrected chi connectivity index (χ1v) is 11.9. The fourth-order valence-electron chi connectivity index (χ4n) is 3.89. The maximum Gasteiger partial charge on any atom is 0.387 e. The van der Waals surface area contributed by atoms with Gasteiger partial charge in [-0.3, -0.25) is 4.57 Å². The Morgan fingerprint density at radius 3 is 2.70 bits per heavy atom. The Morgan fingerprint density at radius 1 is 1.15 bits per heavy atom. The van der Waals surface area contributed by atoms with Crippen molar-refractivity contribution in [3.05, 3.63) is 24.1 Å². The molecule has 12 heteroatoms. The van der Waals surface area contributed by atoms with Gasteiger partial charge in [-0.25, -0.2) is 0 Å². The molecule has 1 aromatic carbocycles. The molecule has 3 heterocycles. The van der Waals surface area contributed by atoms with Crippen molar-refractivity contribution in [2.24, 2.45) is 0 Å². The lowest BCUT2D eigenvalue weighted by molar-refractivity contribution is -0.0512. The van der Waals surface area contributed by atoms with E-state index in [2.05, 4.69) is 34.5 Å². The van der Waals surface area contributed by atoms with Crippen molar-refractivity contribution in [3.8, 4) is 22.9 Å². The maximum atomic E-state index is 12.5. The van der Waals surface area contributed by atoms with Crippen molar-refractivity contribution < 1.29 is 22.8 Å². The third-order valence-corrected chi connectivity index (χ3v) is 6.56. The number of alkyl halides is 2. The molecule has 5 rings (SSSR count). The Kier molecular flexibility index (Phi) is 6.34. The molecule has 0 unspecified atom stereocenters. The minimum Gasteiger partial charge on any atom is -0.493 e. The van der Waals surface area contributed by atoms with E-state index in [9.17, 15) is 8.78 Å². The third kappa shape index (κ3) is 4.90. The average molecular weight is 479 g/mol. The van der Waals surface area contributed by atoms with Crippen LogP contribution < -0.4 is 14.4 Å². The Morgan fingerprint density at radius 2 is 1.97 bits per heavy atom. The first kappa shape index (κ1) is 21.9. The standard InChI is InChI=1S/C21H24F2N6O3S/c1-30-16-11-13(5-8-15(16)31-19(22)23)18-24-17(32-27-18)12-33-21-26-25-20(29(21)14-6-7-14)28-9-3-2-4-10-28/h5,8,11,14,19H,2-4,6-7,9-10,12H2,1H3. The molecule has 1 saturated heterocycles. The van der Waals surface area contributed by atoms with Gasteiger partial charge < -0.3 is 18.9 Å². The molecule has 1 saturated carbocycles. The maximum absolute atomic E-state index is 12.5. The van der Waals surface area contributed by atoms with Gasteiger partial charge in [0.05, 0.1) is 12.9 Å². The summed E-state index contributed by atoms with van der Waals surface area (Å²) in [5.41, 5.74) is 0.571. The van der Waals surface area contributed by atoms with Crippen molar-refractivity contribution in [2.75, 3.05) is 25.1 Å². The van der Waals surface area contributed by atoms with Crippen molar-refractivity contribution in [3.63, 3.8) is 0 Å². The van der Waals surface area contributed by atoms with Gasteiger partial charge in [0.15, 0.2) is 16.7 Å². The number of benzene rings is 1. The molecule has 1 aliphatic heterocycles. The summed E-state index contributed by atoms with van der Waals surface area (Å²) in [6.45, 7) is -0.896. The van der Waals surface area contributed by atoms with E-state index in [1.165, 1.54) is 50.3 Å². The van der Waals surface area contributed by atoms with Crippen LogP contribution in [0.4, 0.5) is 14.7 Å². The normalized spacial score (nSPS) is 16.4. The van der Waals surface area contributed by atoms with Crippen LogP contribution in [-0.4, -0.2) is 51.7 Å². The molecule has 0 amide bonds. The highest BCUT2D eigenvalue weighted by atomic mass is 32.2. The molecule has 2 aromatic heterocycles.